The van der Waals surface area contributed by atoms with Crippen molar-refractivity contribution in [1.82, 2.24) is 5.32 Å². The Morgan fingerprint density at radius 1 is 1.12 bits per heavy atom. The monoisotopic (exact) mass is 236 g/mol. The summed E-state index contributed by atoms with van der Waals surface area (Å²) in [7, 11) is 1.71. The molecule has 0 fully saturated rings. The molecule has 0 heterocycles. The van der Waals surface area contributed by atoms with E-state index in [0.29, 0.717) is 6.04 Å². The molecular formula is C14H24N2O. The second-order valence-electron chi connectivity index (χ2n) is 4.67. The first-order valence-electron chi connectivity index (χ1n) is 6.17. The zero-order valence-corrected chi connectivity index (χ0v) is 11.6. The number of hydrogen-bond acceptors (Lipinski definition) is 3. The molecule has 0 aliphatic carbocycles. The molecule has 0 spiro atoms. The molecule has 0 aliphatic rings. The quantitative estimate of drug-likeness (QED) is 0.745. The first-order valence-corrected chi connectivity index (χ1v) is 6.17. The maximum absolute atomic E-state index is 5.38. The smallest absolute Gasteiger partial charge is 0.142 e. The highest BCUT2D eigenvalue weighted by molar-refractivity contribution is 5.60. The number of anilines is 1. The van der Waals surface area contributed by atoms with Gasteiger partial charge in [0.1, 0.15) is 5.75 Å². The van der Waals surface area contributed by atoms with Gasteiger partial charge in [0.25, 0.3) is 0 Å². The van der Waals surface area contributed by atoms with Crippen LogP contribution in [0.4, 0.5) is 5.69 Å². The van der Waals surface area contributed by atoms with Crippen molar-refractivity contribution >= 4 is 5.69 Å². The van der Waals surface area contributed by atoms with Crippen molar-refractivity contribution in [2.24, 2.45) is 0 Å². The topological polar surface area (TPSA) is 33.3 Å². The van der Waals surface area contributed by atoms with Crippen LogP contribution in [-0.2, 0) is 0 Å². The summed E-state index contributed by atoms with van der Waals surface area (Å²) in [5.41, 5.74) is 3.61. The fraction of sp³-hybridized carbons (Fsp3) is 0.571. The fourth-order valence-corrected chi connectivity index (χ4v) is 1.65. The summed E-state index contributed by atoms with van der Waals surface area (Å²) in [4.78, 5) is 0. The first kappa shape index (κ1) is 13.8. The lowest BCUT2D eigenvalue weighted by Crippen LogP contribution is -2.28. The predicted octanol–water partition coefficient (Wildman–Crippen LogP) is 2.72. The largest absolute Gasteiger partial charge is 0.495 e. The lowest BCUT2D eigenvalue weighted by atomic mass is 10.1. The van der Waals surface area contributed by atoms with Crippen LogP contribution in [0.5, 0.6) is 5.75 Å². The molecule has 3 nitrogen and oxygen atoms in total. The lowest BCUT2D eigenvalue weighted by molar-refractivity contribution is 0.416. The average Bonchev–Trinajstić information content (AvgIpc) is 2.28. The maximum Gasteiger partial charge on any atom is 0.142 e. The molecule has 0 aliphatic heterocycles. The molecule has 96 valence electrons. The van der Waals surface area contributed by atoms with Crippen molar-refractivity contribution < 1.29 is 4.74 Å². The Hall–Kier alpha value is -1.22. The van der Waals surface area contributed by atoms with Crippen molar-refractivity contribution in [3.8, 4) is 5.75 Å². The molecule has 0 saturated carbocycles. The van der Waals surface area contributed by atoms with E-state index in [1.54, 1.807) is 7.11 Å². The molecule has 0 saturated heterocycles. The van der Waals surface area contributed by atoms with Crippen LogP contribution < -0.4 is 15.4 Å². The first-order chi connectivity index (χ1) is 8.04. The molecule has 2 N–H and O–H groups in total. The third-order valence-corrected chi connectivity index (χ3v) is 2.81. The number of rotatable bonds is 6. The minimum absolute atomic E-state index is 0.526. The Bertz CT molecular complexity index is 361. The van der Waals surface area contributed by atoms with Crippen LogP contribution in [0.15, 0.2) is 12.1 Å². The van der Waals surface area contributed by atoms with Crippen molar-refractivity contribution in [2.75, 3.05) is 25.5 Å². The summed E-state index contributed by atoms with van der Waals surface area (Å²) in [5.74, 6) is 0.914. The van der Waals surface area contributed by atoms with Crippen LogP contribution in [0.1, 0.15) is 25.0 Å². The minimum atomic E-state index is 0.526. The van der Waals surface area contributed by atoms with Gasteiger partial charge >= 0.3 is 0 Å². The van der Waals surface area contributed by atoms with Gasteiger partial charge in [0.15, 0.2) is 0 Å². The van der Waals surface area contributed by atoms with E-state index in [0.717, 1.165) is 24.5 Å². The highest BCUT2D eigenvalue weighted by Gasteiger charge is 2.05. The van der Waals surface area contributed by atoms with E-state index in [-0.39, 0.29) is 0 Å². The molecule has 0 atom stereocenters. The van der Waals surface area contributed by atoms with Gasteiger partial charge in [-0.3, -0.25) is 0 Å². The molecule has 3 heteroatoms. The van der Waals surface area contributed by atoms with E-state index >= 15 is 0 Å². The summed E-state index contributed by atoms with van der Waals surface area (Å²) >= 11 is 0. The zero-order valence-electron chi connectivity index (χ0n) is 11.6. The Labute approximate surface area is 105 Å². The van der Waals surface area contributed by atoms with Gasteiger partial charge in [-0.2, -0.15) is 0 Å². The van der Waals surface area contributed by atoms with Crippen molar-refractivity contribution in [3.63, 3.8) is 0 Å². The Morgan fingerprint density at radius 2 is 1.76 bits per heavy atom. The summed E-state index contributed by atoms with van der Waals surface area (Å²) in [5, 5.41) is 6.78. The molecule has 0 unspecified atom stereocenters. The van der Waals surface area contributed by atoms with Crippen LogP contribution in [0.2, 0.25) is 0 Å². The molecule has 0 bridgehead atoms. The van der Waals surface area contributed by atoms with Crippen LogP contribution in [0.25, 0.3) is 0 Å². The zero-order chi connectivity index (χ0) is 12.8. The van der Waals surface area contributed by atoms with E-state index in [4.69, 9.17) is 4.74 Å². The van der Waals surface area contributed by atoms with Gasteiger partial charge < -0.3 is 15.4 Å². The third kappa shape index (κ3) is 4.27. The third-order valence-electron chi connectivity index (χ3n) is 2.81. The number of aryl methyl sites for hydroxylation is 2. The SMILES string of the molecule is COc1cc(C)c(C)cc1NCCNC(C)C. The number of methoxy groups -OCH3 is 1. The minimum Gasteiger partial charge on any atom is -0.495 e. The summed E-state index contributed by atoms with van der Waals surface area (Å²) < 4.78 is 5.38. The van der Waals surface area contributed by atoms with Crippen LogP contribution >= 0.6 is 0 Å². The lowest BCUT2D eigenvalue weighted by Gasteiger charge is -2.14. The second kappa shape index (κ2) is 6.50. The predicted molar refractivity (Wildman–Crippen MR) is 74.1 cm³/mol. The van der Waals surface area contributed by atoms with Crippen LogP contribution in [0, 0.1) is 13.8 Å². The Balaban J connectivity index is 2.60. The van der Waals surface area contributed by atoms with E-state index in [1.807, 2.05) is 0 Å². The molecular weight excluding hydrogens is 212 g/mol. The average molecular weight is 236 g/mol. The van der Waals surface area contributed by atoms with Crippen LogP contribution in [0.3, 0.4) is 0 Å². The molecule has 1 aromatic carbocycles. The van der Waals surface area contributed by atoms with Gasteiger partial charge in [0.05, 0.1) is 12.8 Å². The van der Waals surface area contributed by atoms with Crippen molar-refractivity contribution in [3.05, 3.63) is 23.3 Å². The normalized spacial score (nSPS) is 10.7. The number of benzene rings is 1. The van der Waals surface area contributed by atoms with E-state index in [2.05, 4.69) is 50.5 Å². The number of ether oxygens (including phenoxy) is 1. The molecule has 0 amide bonds. The van der Waals surface area contributed by atoms with E-state index < -0.39 is 0 Å². The Morgan fingerprint density at radius 3 is 2.35 bits per heavy atom. The second-order valence-corrected chi connectivity index (χ2v) is 4.67. The van der Waals surface area contributed by atoms with Gasteiger partial charge in [-0.15, -0.1) is 0 Å². The highest BCUT2D eigenvalue weighted by Crippen LogP contribution is 2.27. The van der Waals surface area contributed by atoms with Gasteiger partial charge in [-0.25, -0.2) is 0 Å². The number of nitrogens with one attached hydrogen (secondary N) is 2. The standard InChI is InChI=1S/C14H24N2O/c1-10(2)15-6-7-16-13-8-11(3)12(4)9-14(13)17-5/h8-10,15-16H,6-7H2,1-5H3. The Kier molecular flexibility index (Phi) is 5.29. The van der Waals surface area contributed by atoms with Gasteiger partial charge in [0, 0.05) is 19.1 Å². The molecule has 0 aromatic heterocycles. The summed E-state index contributed by atoms with van der Waals surface area (Å²) in [6.45, 7) is 10.4. The van der Waals surface area contributed by atoms with E-state index in [9.17, 15) is 0 Å². The summed E-state index contributed by atoms with van der Waals surface area (Å²) in [6, 6.07) is 4.75. The molecule has 1 aromatic rings. The van der Waals surface area contributed by atoms with Gasteiger partial charge in [-0.05, 0) is 37.1 Å². The van der Waals surface area contributed by atoms with Crippen molar-refractivity contribution in [1.29, 1.82) is 0 Å². The number of hydrogen-bond donors (Lipinski definition) is 2. The summed E-state index contributed by atoms with van der Waals surface area (Å²) in [6.07, 6.45) is 0. The highest BCUT2D eigenvalue weighted by atomic mass is 16.5. The molecule has 0 radical (unpaired) electrons. The van der Waals surface area contributed by atoms with Crippen LogP contribution in [-0.4, -0.2) is 26.2 Å². The fourth-order valence-electron chi connectivity index (χ4n) is 1.65. The molecule has 1 rings (SSSR count). The molecule has 17 heavy (non-hydrogen) atoms. The van der Waals surface area contributed by atoms with Crippen molar-refractivity contribution in [2.45, 2.75) is 33.7 Å². The van der Waals surface area contributed by atoms with Gasteiger partial charge in [-0.1, -0.05) is 13.8 Å². The maximum atomic E-state index is 5.38. The van der Waals surface area contributed by atoms with E-state index in [1.165, 1.54) is 11.1 Å². The van der Waals surface area contributed by atoms with Gasteiger partial charge in [0.2, 0.25) is 0 Å².